The van der Waals surface area contributed by atoms with E-state index in [1.807, 2.05) is 0 Å². The molecule has 0 heteroatoms. The van der Waals surface area contributed by atoms with Crippen molar-refractivity contribution in [3.63, 3.8) is 0 Å². The minimum absolute atomic E-state index is 0.640. The molecule has 0 fully saturated rings. The van der Waals surface area contributed by atoms with Crippen LogP contribution in [0.4, 0.5) is 0 Å². The molecular formula is C19H18. The summed E-state index contributed by atoms with van der Waals surface area (Å²) in [4.78, 5) is 0. The average molecular weight is 246 g/mol. The lowest BCUT2D eigenvalue weighted by atomic mass is 9.75. The molecule has 0 spiro atoms. The molecule has 2 aromatic rings. The Labute approximate surface area is 114 Å². The van der Waals surface area contributed by atoms with E-state index in [0.29, 0.717) is 5.92 Å². The lowest BCUT2D eigenvalue weighted by Gasteiger charge is -2.29. The first kappa shape index (κ1) is 11.0. The molecule has 94 valence electrons. The lowest BCUT2D eigenvalue weighted by Crippen LogP contribution is -2.12. The summed E-state index contributed by atoms with van der Waals surface area (Å²) in [6.45, 7) is 2.36. The van der Waals surface area contributed by atoms with Crippen LogP contribution in [-0.4, -0.2) is 0 Å². The maximum absolute atomic E-state index is 2.36. The molecule has 0 radical (unpaired) electrons. The molecule has 2 aliphatic carbocycles. The Bertz CT molecular complexity index is 676. The Kier molecular flexibility index (Phi) is 2.38. The van der Waals surface area contributed by atoms with Gasteiger partial charge in [-0.25, -0.2) is 0 Å². The zero-order chi connectivity index (χ0) is 12.8. The van der Waals surface area contributed by atoms with Crippen LogP contribution in [0.3, 0.4) is 0 Å². The molecular weight excluding hydrogens is 228 g/mol. The molecule has 0 aliphatic heterocycles. The molecule has 0 saturated heterocycles. The zero-order valence-electron chi connectivity index (χ0n) is 11.3. The molecule has 1 unspecified atom stereocenters. The van der Waals surface area contributed by atoms with Crippen molar-refractivity contribution in [3.05, 3.63) is 64.7 Å². The SMILES string of the molecule is CC1Cc2c(ccc3c2CCC=C3)-c2ccccc21. The maximum Gasteiger partial charge on any atom is -0.0143 e. The monoisotopic (exact) mass is 246 g/mol. The van der Waals surface area contributed by atoms with Crippen LogP contribution in [0.2, 0.25) is 0 Å². The topological polar surface area (TPSA) is 0 Å². The molecule has 0 saturated carbocycles. The largest absolute Gasteiger partial charge is 0.0836 e. The van der Waals surface area contributed by atoms with Crippen molar-refractivity contribution in [1.82, 2.24) is 0 Å². The predicted molar refractivity (Wildman–Crippen MR) is 81.4 cm³/mol. The van der Waals surface area contributed by atoms with Gasteiger partial charge in [0.1, 0.15) is 0 Å². The van der Waals surface area contributed by atoms with Crippen LogP contribution in [0.1, 0.15) is 41.5 Å². The number of allylic oxidation sites excluding steroid dienone is 1. The summed E-state index contributed by atoms with van der Waals surface area (Å²) in [6, 6.07) is 13.5. The van der Waals surface area contributed by atoms with Crippen LogP contribution >= 0.6 is 0 Å². The summed E-state index contributed by atoms with van der Waals surface area (Å²) < 4.78 is 0. The fraction of sp³-hybridized carbons (Fsp3) is 0.263. The lowest BCUT2D eigenvalue weighted by molar-refractivity contribution is 0.738. The fourth-order valence-electron chi connectivity index (χ4n) is 3.67. The average Bonchev–Trinajstić information content (AvgIpc) is 2.47. The highest BCUT2D eigenvalue weighted by Gasteiger charge is 2.24. The Balaban J connectivity index is 2.01. The smallest absolute Gasteiger partial charge is 0.0143 e. The van der Waals surface area contributed by atoms with Gasteiger partial charge in [-0.1, -0.05) is 55.5 Å². The van der Waals surface area contributed by atoms with Crippen molar-refractivity contribution in [2.45, 2.75) is 32.1 Å². The highest BCUT2D eigenvalue weighted by molar-refractivity contribution is 5.78. The van der Waals surface area contributed by atoms with E-state index in [0.717, 1.165) is 0 Å². The predicted octanol–water partition coefficient (Wildman–Crippen LogP) is 4.97. The third-order valence-corrected chi connectivity index (χ3v) is 4.62. The zero-order valence-corrected chi connectivity index (χ0v) is 11.3. The minimum atomic E-state index is 0.640. The molecule has 2 aromatic carbocycles. The van der Waals surface area contributed by atoms with E-state index in [1.165, 1.54) is 41.5 Å². The maximum atomic E-state index is 2.36. The fourth-order valence-corrected chi connectivity index (χ4v) is 3.67. The quantitative estimate of drug-likeness (QED) is 0.615. The van der Waals surface area contributed by atoms with E-state index >= 15 is 0 Å². The van der Waals surface area contributed by atoms with E-state index in [-0.39, 0.29) is 0 Å². The third-order valence-electron chi connectivity index (χ3n) is 4.62. The molecule has 0 bridgehead atoms. The van der Waals surface area contributed by atoms with Gasteiger partial charge in [0.2, 0.25) is 0 Å². The van der Waals surface area contributed by atoms with Crippen molar-refractivity contribution in [2.24, 2.45) is 0 Å². The van der Waals surface area contributed by atoms with Crippen molar-refractivity contribution in [1.29, 1.82) is 0 Å². The van der Waals surface area contributed by atoms with E-state index in [1.54, 1.807) is 11.1 Å². The second-order valence-corrected chi connectivity index (χ2v) is 5.79. The van der Waals surface area contributed by atoms with Gasteiger partial charge in [0.25, 0.3) is 0 Å². The van der Waals surface area contributed by atoms with Crippen molar-refractivity contribution < 1.29 is 0 Å². The molecule has 4 rings (SSSR count). The van der Waals surface area contributed by atoms with Crippen LogP contribution < -0.4 is 0 Å². The highest BCUT2D eigenvalue weighted by Crippen LogP contribution is 2.42. The van der Waals surface area contributed by atoms with Gasteiger partial charge >= 0.3 is 0 Å². The summed E-state index contributed by atoms with van der Waals surface area (Å²) in [5, 5.41) is 0. The van der Waals surface area contributed by atoms with Crippen LogP contribution in [0, 0.1) is 0 Å². The van der Waals surface area contributed by atoms with E-state index in [2.05, 4.69) is 55.5 Å². The van der Waals surface area contributed by atoms with Crippen LogP contribution in [0.5, 0.6) is 0 Å². The molecule has 0 aromatic heterocycles. The third kappa shape index (κ3) is 1.59. The van der Waals surface area contributed by atoms with E-state index in [4.69, 9.17) is 0 Å². The van der Waals surface area contributed by atoms with Crippen molar-refractivity contribution in [3.8, 4) is 11.1 Å². The number of hydrogen-bond donors (Lipinski definition) is 0. The number of hydrogen-bond acceptors (Lipinski definition) is 0. The Morgan fingerprint density at radius 3 is 2.79 bits per heavy atom. The first-order chi connectivity index (χ1) is 9.34. The van der Waals surface area contributed by atoms with Gasteiger partial charge in [0, 0.05) is 0 Å². The minimum Gasteiger partial charge on any atom is -0.0836 e. The van der Waals surface area contributed by atoms with Gasteiger partial charge < -0.3 is 0 Å². The van der Waals surface area contributed by atoms with Gasteiger partial charge in [0.05, 0.1) is 0 Å². The van der Waals surface area contributed by atoms with Crippen LogP contribution in [-0.2, 0) is 12.8 Å². The Morgan fingerprint density at radius 2 is 1.84 bits per heavy atom. The van der Waals surface area contributed by atoms with Gasteiger partial charge in [-0.3, -0.25) is 0 Å². The molecule has 0 nitrogen and oxygen atoms in total. The number of fused-ring (bicyclic) bond motifs is 5. The Morgan fingerprint density at radius 1 is 0.947 bits per heavy atom. The molecule has 0 N–H and O–H groups in total. The van der Waals surface area contributed by atoms with Gasteiger partial charge in [-0.05, 0) is 58.6 Å². The second kappa shape index (κ2) is 4.09. The first-order valence-electron chi connectivity index (χ1n) is 7.25. The molecule has 0 amide bonds. The summed E-state index contributed by atoms with van der Waals surface area (Å²) in [6.07, 6.45) is 8.20. The normalized spacial score (nSPS) is 19.5. The standard InChI is InChI=1S/C19H18/c1-13-12-19-16-8-3-2-6-14(16)10-11-18(19)17-9-5-4-7-15(13)17/h2,4-7,9-11,13H,3,8,12H2,1H3. The van der Waals surface area contributed by atoms with E-state index < -0.39 is 0 Å². The summed E-state index contributed by atoms with van der Waals surface area (Å²) in [7, 11) is 0. The number of rotatable bonds is 0. The summed E-state index contributed by atoms with van der Waals surface area (Å²) in [5.41, 5.74) is 9.09. The number of benzene rings is 2. The molecule has 19 heavy (non-hydrogen) atoms. The van der Waals surface area contributed by atoms with Gasteiger partial charge in [-0.15, -0.1) is 0 Å². The first-order valence-corrected chi connectivity index (χ1v) is 7.25. The molecule has 0 heterocycles. The van der Waals surface area contributed by atoms with Crippen molar-refractivity contribution >= 4 is 6.08 Å². The van der Waals surface area contributed by atoms with E-state index in [9.17, 15) is 0 Å². The van der Waals surface area contributed by atoms with Crippen molar-refractivity contribution in [2.75, 3.05) is 0 Å². The van der Waals surface area contributed by atoms with Gasteiger partial charge in [0.15, 0.2) is 0 Å². The summed E-state index contributed by atoms with van der Waals surface area (Å²) >= 11 is 0. The summed E-state index contributed by atoms with van der Waals surface area (Å²) in [5.74, 6) is 0.640. The molecule has 1 atom stereocenters. The second-order valence-electron chi connectivity index (χ2n) is 5.79. The van der Waals surface area contributed by atoms with Crippen LogP contribution in [0.25, 0.3) is 17.2 Å². The highest BCUT2D eigenvalue weighted by atomic mass is 14.3. The van der Waals surface area contributed by atoms with Crippen LogP contribution in [0.15, 0.2) is 42.5 Å². The van der Waals surface area contributed by atoms with Gasteiger partial charge in [-0.2, -0.15) is 0 Å². The molecule has 2 aliphatic rings. The Hall–Kier alpha value is -1.82.